The fraction of sp³-hybridized carbons (Fsp3) is 0.720. The fourth-order valence-electron chi connectivity index (χ4n) is 8.04. The highest BCUT2D eigenvalue weighted by atomic mass is 35.5. The third kappa shape index (κ3) is 32.9. The van der Waals surface area contributed by atoms with E-state index < -0.39 is 41.0 Å². The number of carbonyl (C=O) groups is 2. The number of hydrogen-bond donors (Lipinski definition) is 5. The number of aryl methyl sites for hydroxylation is 1. The zero-order valence-corrected chi connectivity index (χ0v) is 57.9. The first-order valence-electron chi connectivity index (χ1n) is 27.2. The first-order valence-corrected chi connectivity index (χ1v) is 37.8. The summed E-state index contributed by atoms with van der Waals surface area (Å²) in [6.07, 6.45) is 4.64. The predicted molar refractivity (Wildman–Crippen MR) is 352 cm³/mol. The molecule has 33 heteroatoms. The highest BCUT2D eigenvalue weighted by molar-refractivity contribution is 7.54. The van der Waals surface area contributed by atoms with Crippen molar-refractivity contribution in [3.8, 4) is 0 Å². The summed E-state index contributed by atoms with van der Waals surface area (Å²) in [6.45, 7) is 10.5. The van der Waals surface area contributed by atoms with Crippen molar-refractivity contribution in [3.63, 3.8) is 0 Å². The molecule has 3 fully saturated rings. The van der Waals surface area contributed by atoms with Gasteiger partial charge in [-0.25, -0.2) is 28.9 Å². The topological polar surface area (TPSA) is 223 Å². The molecule has 3 aliphatic heterocycles. The molecule has 3 heterocycles. The smallest absolute Gasteiger partial charge is 0.346 e. The summed E-state index contributed by atoms with van der Waals surface area (Å²) in [4.78, 5) is 25.4. The van der Waals surface area contributed by atoms with Crippen LogP contribution in [0.2, 0.25) is 0 Å². The maximum atomic E-state index is 12.9. The number of carboxylic acids is 2. The second-order valence-corrected chi connectivity index (χ2v) is 28.9. The molecule has 0 aromatic heterocycles. The number of nitrogens with two attached hydrogens (primary N) is 1. The quantitative estimate of drug-likeness (QED) is 0.0325. The van der Waals surface area contributed by atoms with Crippen molar-refractivity contribution in [2.75, 3.05) is 186 Å². The van der Waals surface area contributed by atoms with Gasteiger partial charge in [0.25, 0.3) is 0 Å². The van der Waals surface area contributed by atoms with Gasteiger partial charge in [-0.05, 0) is 73.9 Å². The molecular formula is C50H85Cl11N9O10P3. The Hall–Kier alpha value is 0.460. The Balaban J connectivity index is 0.000000522. The zero-order valence-electron chi connectivity index (χ0n) is 46.9. The molecule has 482 valence electrons. The van der Waals surface area contributed by atoms with E-state index in [4.69, 9.17) is 157 Å². The van der Waals surface area contributed by atoms with Crippen molar-refractivity contribution < 1.29 is 47.1 Å². The van der Waals surface area contributed by atoms with Crippen LogP contribution in [-0.2, 0) is 49.7 Å². The molecule has 0 radical (unpaired) electrons. The van der Waals surface area contributed by atoms with Crippen LogP contribution in [0.5, 0.6) is 0 Å². The summed E-state index contributed by atoms with van der Waals surface area (Å²) < 4.78 is 60.4. The van der Waals surface area contributed by atoms with Crippen molar-refractivity contribution in [2.24, 2.45) is 5.73 Å². The Kier molecular flexibility index (Phi) is 48.3. The predicted octanol–water partition coefficient (Wildman–Crippen LogP) is 11.9. The molecule has 19 nitrogen and oxygen atoms in total. The van der Waals surface area contributed by atoms with Gasteiger partial charge in [-0.1, -0.05) is 24.3 Å². The molecule has 0 aliphatic carbocycles. The highest BCUT2D eigenvalue weighted by Gasteiger charge is 2.40. The molecule has 0 amide bonds. The maximum absolute atomic E-state index is 12.9. The molecule has 0 bridgehead atoms. The van der Waals surface area contributed by atoms with Gasteiger partial charge in [0.05, 0.1) is 19.8 Å². The normalized spacial score (nSPS) is 20.3. The molecule has 6 N–H and O–H groups in total. The van der Waals surface area contributed by atoms with Crippen molar-refractivity contribution >= 4 is 174 Å². The number of alkyl halides is 11. The van der Waals surface area contributed by atoms with E-state index in [9.17, 15) is 23.3 Å². The van der Waals surface area contributed by atoms with Gasteiger partial charge in [-0.2, -0.15) is 0 Å². The van der Waals surface area contributed by atoms with Crippen molar-refractivity contribution in [2.45, 2.75) is 51.0 Å². The van der Waals surface area contributed by atoms with Crippen LogP contribution in [0.15, 0.2) is 48.5 Å². The number of carboxylic acid groups (broad SMARTS) is 2. The van der Waals surface area contributed by atoms with E-state index in [2.05, 4.69) is 20.0 Å². The molecule has 4 atom stereocenters. The average molecular weight is 1460 g/mol. The Bertz CT molecular complexity index is 2110. The summed E-state index contributed by atoms with van der Waals surface area (Å²) in [5, 5.41) is 23.1. The molecule has 0 saturated carbocycles. The monoisotopic (exact) mass is 1450 g/mol. The molecule has 5 rings (SSSR count). The van der Waals surface area contributed by atoms with Gasteiger partial charge in [0, 0.05) is 174 Å². The van der Waals surface area contributed by atoms with E-state index in [1.807, 2.05) is 53.2 Å². The molecule has 3 unspecified atom stereocenters. The minimum absolute atomic E-state index is 0.215. The minimum Gasteiger partial charge on any atom is -0.481 e. The molecular weight excluding hydrogens is 1370 g/mol. The third-order valence-corrected chi connectivity index (χ3v) is 21.3. The molecule has 3 aliphatic rings. The van der Waals surface area contributed by atoms with Crippen LogP contribution in [-0.4, -0.2) is 223 Å². The molecule has 3 saturated heterocycles. The summed E-state index contributed by atoms with van der Waals surface area (Å²) in [7, 11) is -8.65. The summed E-state index contributed by atoms with van der Waals surface area (Å²) in [5.74, 6) is 3.41. The second kappa shape index (κ2) is 49.2. The van der Waals surface area contributed by atoms with Crippen molar-refractivity contribution in [3.05, 3.63) is 59.7 Å². The maximum Gasteiger partial charge on any atom is 0.346 e. The lowest BCUT2D eigenvalue weighted by atomic mass is 10.1. The van der Waals surface area contributed by atoms with Gasteiger partial charge >= 0.3 is 34.9 Å². The van der Waals surface area contributed by atoms with Crippen LogP contribution in [0.4, 0.5) is 11.4 Å². The number of hydrogen-bond acceptors (Lipinski definition) is 11. The Morgan fingerprint density at radius 1 is 0.578 bits per heavy atom. The van der Waals surface area contributed by atoms with Crippen LogP contribution in [0.25, 0.3) is 0 Å². The van der Waals surface area contributed by atoms with Crippen LogP contribution >= 0.6 is 151 Å². The number of anilines is 2. The van der Waals surface area contributed by atoms with Crippen molar-refractivity contribution in [1.82, 2.24) is 28.9 Å². The molecule has 0 spiro atoms. The van der Waals surface area contributed by atoms with Crippen LogP contribution in [0, 0.1) is 0 Å². The van der Waals surface area contributed by atoms with Gasteiger partial charge in [-0.3, -0.25) is 23.3 Å². The highest BCUT2D eigenvalue weighted by Crippen LogP contribution is 2.56. The lowest BCUT2D eigenvalue weighted by molar-refractivity contribution is -0.139. The number of aliphatic carboxylic acids is 2. The number of benzene rings is 2. The Morgan fingerprint density at radius 2 is 1.02 bits per heavy atom. The molecule has 2 aromatic rings. The number of rotatable bonds is 34. The van der Waals surface area contributed by atoms with Crippen molar-refractivity contribution in [1.29, 1.82) is 0 Å². The molecule has 2 aromatic carbocycles. The van der Waals surface area contributed by atoms with Gasteiger partial charge < -0.3 is 39.3 Å². The summed E-state index contributed by atoms with van der Waals surface area (Å²) in [5.41, 5.74) is 9.67. The number of halogens is 11. The number of nitrogens with one attached hydrogen (secondary N) is 2. The Morgan fingerprint density at radius 3 is 1.46 bits per heavy atom. The summed E-state index contributed by atoms with van der Waals surface area (Å²) >= 11 is 62.6. The zero-order chi connectivity index (χ0) is 61.9. The van der Waals surface area contributed by atoms with E-state index in [-0.39, 0.29) is 6.42 Å². The first-order chi connectivity index (χ1) is 39.9. The van der Waals surface area contributed by atoms with Gasteiger partial charge in [0.15, 0.2) is 0 Å². The van der Waals surface area contributed by atoms with Gasteiger partial charge in [-0.15, -0.1) is 128 Å². The van der Waals surface area contributed by atoms with E-state index in [1.54, 1.807) is 14.0 Å². The second-order valence-electron chi connectivity index (χ2n) is 18.0. The van der Waals surface area contributed by atoms with Gasteiger partial charge in [0.1, 0.15) is 6.04 Å². The Labute approximate surface area is 547 Å². The van der Waals surface area contributed by atoms with E-state index >= 15 is 0 Å². The standard InChI is InChI=1S/C14H19Cl2NO2.C13H18Cl2N2O2.C9H18Cl3N2O2P.2C7H15Cl2N2O2P/c15-8-10-17(11-9-16)13-6-4-12(5-7-13)2-1-3-14(18)19;14-5-7-17(8-6-15)11-3-1-10(2-4-11)9-12(16)13(18)19;10-2-6-13-5-1-9-16-17(13,15)14(7-3-11)8-4-12;8-2-4-10-14(12)11(6-3-9)5-1-7-13-14;8-2-5-11(6-3-9)14(12)10-4-1-7-13-14/h4-7H,1-3,8-11H2,(H,18,19);1-4,12H,5-9,16H2,(H,18,19);1-9H2;2*1-7H2,(H,10,12)/t;12-;;;/m.0.../s1. The van der Waals surface area contributed by atoms with Gasteiger partial charge in [0.2, 0.25) is 0 Å². The van der Waals surface area contributed by atoms with Crippen LogP contribution in [0.3, 0.4) is 0 Å². The van der Waals surface area contributed by atoms with Crippen LogP contribution < -0.4 is 25.7 Å². The SMILES string of the molecule is N[C@@H](Cc1ccc(N(CCCl)CCCl)cc1)C(=O)O.O=C(O)CCCc1ccc(N(CCCl)CCCl)cc1.O=P1(N(CCCl)CCCl)NCCCO1.O=P1(N(CCCl)CCCl)OCCCN1CCCl.O=P1(NCCCl)OCCCN1CCCl. The van der Waals surface area contributed by atoms with E-state index in [0.29, 0.717) is 143 Å². The molecule has 83 heavy (non-hydrogen) atoms. The third-order valence-electron chi connectivity index (χ3n) is 12.1. The van der Waals surface area contributed by atoms with E-state index in [1.165, 1.54) is 0 Å². The number of nitrogens with zero attached hydrogens (tertiary/aromatic N) is 6. The minimum atomic E-state index is -2.97. The lowest BCUT2D eigenvalue weighted by Gasteiger charge is -2.40. The lowest BCUT2D eigenvalue weighted by Crippen LogP contribution is -2.39. The van der Waals surface area contributed by atoms with Crippen LogP contribution in [0.1, 0.15) is 43.2 Å². The fourth-order valence-corrected chi connectivity index (χ4v) is 17.5. The largest absolute Gasteiger partial charge is 0.481 e. The first kappa shape index (κ1) is 81.5. The van der Waals surface area contributed by atoms with E-state index in [0.717, 1.165) is 94.0 Å². The summed E-state index contributed by atoms with van der Waals surface area (Å²) in [6, 6.07) is 14.9. The average Bonchev–Trinajstić information content (AvgIpc) is 3.54.